The summed E-state index contributed by atoms with van der Waals surface area (Å²) < 4.78 is 0. The summed E-state index contributed by atoms with van der Waals surface area (Å²) >= 11 is 0. The Balaban J connectivity index is 1.49. The summed E-state index contributed by atoms with van der Waals surface area (Å²) in [6.07, 6.45) is 2.22. The van der Waals surface area contributed by atoms with E-state index in [2.05, 4.69) is 53.8 Å². The Bertz CT molecular complexity index is 784. The van der Waals surface area contributed by atoms with Crippen molar-refractivity contribution in [2.24, 2.45) is 11.8 Å². The van der Waals surface area contributed by atoms with Gasteiger partial charge in [-0.05, 0) is 37.3 Å². The highest BCUT2D eigenvalue weighted by atomic mass is 16.2. The van der Waals surface area contributed by atoms with E-state index in [9.17, 15) is 4.79 Å². The minimum Gasteiger partial charge on any atom is -0.358 e. The topological polar surface area (TPSA) is 39.3 Å². The van der Waals surface area contributed by atoms with Crippen LogP contribution >= 0.6 is 0 Å². The number of carbonyl (C=O) groups excluding carboxylic acids is 1. The maximum absolute atomic E-state index is 12.9. The van der Waals surface area contributed by atoms with E-state index in [0.29, 0.717) is 18.4 Å². The fourth-order valence-electron chi connectivity index (χ4n) is 4.75. The van der Waals surface area contributed by atoms with Gasteiger partial charge in [-0.15, -0.1) is 0 Å². The smallest absolute Gasteiger partial charge is 0.237 e. The van der Waals surface area contributed by atoms with Crippen LogP contribution in [0.1, 0.15) is 37.1 Å². The summed E-state index contributed by atoms with van der Waals surface area (Å²) in [5, 5.41) is 1.28. The number of hydrogen-bond donors (Lipinski definition) is 1. The second kappa shape index (κ2) is 6.49. The van der Waals surface area contributed by atoms with Gasteiger partial charge in [0.1, 0.15) is 0 Å². The summed E-state index contributed by atoms with van der Waals surface area (Å²) in [5.41, 5.74) is 5.10. The number of aromatic amines is 1. The van der Waals surface area contributed by atoms with Crippen LogP contribution in [0.15, 0.2) is 18.2 Å². The highest BCUT2D eigenvalue weighted by Crippen LogP contribution is 2.29. The molecule has 2 aliphatic heterocycles. The van der Waals surface area contributed by atoms with Gasteiger partial charge in [0.25, 0.3) is 0 Å². The molecule has 1 aromatic carbocycles. The highest BCUT2D eigenvalue weighted by Gasteiger charge is 2.28. The molecule has 4 heteroatoms. The van der Waals surface area contributed by atoms with Crippen molar-refractivity contribution in [1.82, 2.24) is 14.8 Å². The fourth-order valence-corrected chi connectivity index (χ4v) is 4.75. The zero-order chi connectivity index (χ0) is 17.6. The number of nitrogens with zero attached hydrogens (tertiary/aromatic N) is 2. The fraction of sp³-hybridized carbons (Fsp3) is 0.571. The standard InChI is InChI=1S/C21H29N3O/c1-14-4-5-19-17(9-14)18-12-24(7-6-20(18)22-19)21(25)13-23-10-15(2)8-16(3)11-23/h4-5,9,15-16,22H,6-8,10-13H2,1-3H3/t15-,16-/m1/s1. The zero-order valence-electron chi connectivity index (χ0n) is 15.6. The monoisotopic (exact) mass is 339 g/mol. The van der Waals surface area contributed by atoms with Gasteiger partial charge in [-0.1, -0.05) is 25.5 Å². The number of aromatic nitrogens is 1. The van der Waals surface area contributed by atoms with Crippen molar-refractivity contribution >= 4 is 16.8 Å². The second-order valence-electron chi connectivity index (χ2n) is 8.34. The lowest BCUT2D eigenvalue weighted by Gasteiger charge is -2.36. The molecule has 1 N–H and O–H groups in total. The SMILES string of the molecule is Cc1ccc2[nH]c3c(c2c1)CN(C(=O)CN1C[C@H](C)C[C@@H](C)C1)CC3. The van der Waals surface area contributed by atoms with Crippen molar-refractivity contribution in [3.8, 4) is 0 Å². The van der Waals surface area contributed by atoms with Gasteiger partial charge in [-0.2, -0.15) is 0 Å². The number of amides is 1. The Kier molecular flexibility index (Phi) is 4.32. The number of fused-ring (bicyclic) bond motifs is 3. The zero-order valence-corrected chi connectivity index (χ0v) is 15.6. The van der Waals surface area contributed by atoms with Crippen molar-refractivity contribution in [2.45, 2.75) is 40.2 Å². The summed E-state index contributed by atoms with van der Waals surface area (Å²) in [6.45, 7) is 11.0. The molecule has 1 amide bonds. The van der Waals surface area contributed by atoms with E-state index in [1.165, 1.54) is 34.1 Å². The predicted molar refractivity (Wildman–Crippen MR) is 102 cm³/mol. The van der Waals surface area contributed by atoms with Gasteiger partial charge in [0.05, 0.1) is 6.54 Å². The van der Waals surface area contributed by atoms with Crippen LogP contribution in [-0.4, -0.2) is 46.9 Å². The molecule has 0 saturated carbocycles. The van der Waals surface area contributed by atoms with Gasteiger partial charge < -0.3 is 9.88 Å². The molecule has 0 aliphatic carbocycles. The molecule has 0 unspecified atom stereocenters. The Hall–Kier alpha value is -1.81. The minimum absolute atomic E-state index is 0.286. The van der Waals surface area contributed by atoms with E-state index in [4.69, 9.17) is 0 Å². The van der Waals surface area contributed by atoms with Crippen LogP contribution in [0.25, 0.3) is 10.9 Å². The van der Waals surface area contributed by atoms with Crippen molar-refractivity contribution in [1.29, 1.82) is 0 Å². The highest BCUT2D eigenvalue weighted by molar-refractivity contribution is 5.87. The molecule has 25 heavy (non-hydrogen) atoms. The lowest BCUT2D eigenvalue weighted by Crippen LogP contribution is -2.46. The molecule has 0 bridgehead atoms. The molecule has 2 aliphatic rings. The van der Waals surface area contributed by atoms with E-state index >= 15 is 0 Å². The molecule has 4 rings (SSSR count). The molecule has 0 radical (unpaired) electrons. The van der Waals surface area contributed by atoms with E-state index < -0.39 is 0 Å². The van der Waals surface area contributed by atoms with Crippen LogP contribution in [0.3, 0.4) is 0 Å². The first-order valence-electron chi connectivity index (χ1n) is 9.60. The third-order valence-electron chi connectivity index (χ3n) is 5.79. The Labute approximate surface area is 150 Å². The summed E-state index contributed by atoms with van der Waals surface area (Å²) in [5.74, 6) is 1.68. The lowest BCUT2D eigenvalue weighted by molar-refractivity contribution is -0.134. The van der Waals surface area contributed by atoms with Gasteiger partial charge in [0, 0.05) is 54.8 Å². The van der Waals surface area contributed by atoms with Crippen LogP contribution in [0, 0.1) is 18.8 Å². The molecule has 0 spiro atoms. The van der Waals surface area contributed by atoms with Crippen LogP contribution in [-0.2, 0) is 17.8 Å². The molecule has 1 saturated heterocycles. The second-order valence-corrected chi connectivity index (χ2v) is 8.34. The first-order valence-corrected chi connectivity index (χ1v) is 9.60. The van der Waals surface area contributed by atoms with Crippen molar-refractivity contribution in [3.05, 3.63) is 35.0 Å². The van der Waals surface area contributed by atoms with Crippen LogP contribution in [0.2, 0.25) is 0 Å². The third-order valence-corrected chi connectivity index (χ3v) is 5.79. The van der Waals surface area contributed by atoms with Crippen molar-refractivity contribution in [2.75, 3.05) is 26.2 Å². The quantitative estimate of drug-likeness (QED) is 0.911. The summed E-state index contributed by atoms with van der Waals surface area (Å²) in [4.78, 5) is 20.9. The van der Waals surface area contributed by atoms with Gasteiger partial charge in [-0.25, -0.2) is 0 Å². The summed E-state index contributed by atoms with van der Waals surface area (Å²) in [6, 6.07) is 6.55. The van der Waals surface area contributed by atoms with Gasteiger partial charge in [-0.3, -0.25) is 9.69 Å². The first-order chi connectivity index (χ1) is 12.0. The average molecular weight is 339 g/mol. The number of hydrogen-bond acceptors (Lipinski definition) is 2. The molecule has 1 fully saturated rings. The number of benzene rings is 1. The molecule has 2 aromatic rings. The van der Waals surface area contributed by atoms with Crippen LogP contribution in [0.5, 0.6) is 0 Å². The summed E-state index contributed by atoms with van der Waals surface area (Å²) in [7, 11) is 0. The predicted octanol–water partition coefficient (Wildman–Crippen LogP) is 3.34. The number of likely N-dealkylation sites (tertiary alicyclic amines) is 1. The number of nitrogens with one attached hydrogen (secondary N) is 1. The number of H-pyrrole nitrogens is 1. The normalized spacial score (nSPS) is 24.5. The lowest BCUT2D eigenvalue weighted by atomic mass is 9.92. The molecular weight excluding hydrogens is 310 g/mol. The largest absolute Gasteiger partial charge is 0.358 e. The minimum atomic E-state index is 0.286. The molecular formula is C21H29N3O. The first kappa shape index (κ1) is 16.6. The molecule has 1 aromatic heterocycles. The number of carbonyl (C=O) groups is 1. The van der Waals surface area contributed by atoms with E-state index in [0.717, 1.165) is 32.6 Å². The van der Waals surface area contributed by atoms with E-state index in [-0.39, 0.29) is 5.91 Å². The van der Waals surface area contributed by atoms with Gasteiger partial charge in [0.15, 0.2) is 0 Å². The molecule has 134 valence electrons. The van der Waals surface area contributed by atoms with E-state index in [1.54, 1.807) is 0 Å². The Morgan fingerprint density at radius 1 is 1.24 bits per heavy atom. The maximum atomic E-state index is 12.9. The molecule has 3 heterocycles. The van der Waals surface area contributed by atoms with Crippen LogP contribution < -0.4 is 0 Å². The third kappa shape index (κ3) is 3.32. The van der Waals surface area contributed by atoms with Crippen LogP contribution in [0.4, 0.5) is 0 Å². The van der Waals surface area contributed by atoms with Gasteiger partial charge in [0.2, 0.25) is 5.91 Å². The number of piperidine rings is 1. The molecule has 2 atom stereocenters. The van der Waals surface area contributed by atoms with Crippen molar-refractivity contribution < 1.29 is 4.79 Å². The van der Waals surface area contributed by atoms with Crippen molar-refractivity contribution in [3.63, 3.8) is 0 Å². The Morgan fingerprint density at radius 3 is 2.76 bits per heavy atom. The average Bonchev–Trinajstić information content (AvgIpc) is 2.91. The molecule has 4 nitrogen and oxygen atoms in total. The maximum Gasteiger partial charge on any atom is 0.237 e. The number of aryl methyl sites for hydroxylation is 1. The van der Waals surface area contributed by atoms with E-state index in [1.807, 2.05) is 0 Å². The van der Waals surface area contributed by atoms with Gasteiger partial charge >= 0.3 is 0 Å². The Morgan fingerprint density at radius 2 is 2.00 bits per heavy atom. The number of rotatable bonds is 2.